The first-order valence-corrected chi connectivity index (χ1v) is 10.9. The van der Waals surface area contributed by atoms with Gasteiger partial charge < -0.3 is 5.11 Å². The minimum absolute atomic E-state index is 0.294. The van der Waals surface area contributed by atoms with Gasteiger partial charge in [-0.05, 0) is 41.3 Å². The maximum absolute atomic E-state index is 12.8. The number of carboxylic acid groups (broad SMARTS) is 1. The van der Waals surface area contributed by atoms with Gasteiger partial charge >= 0.3 is 5.97 Å². The molecule has 3 rings (SSSR count). The molecule has 1 N–H and O–H groups in total. The van der Waals surface area contributed by atoms with E-state index in [1.807, 2.05) is 55.5 Å². The third-order valence-corrected chi connectivity index (χ3v) is 6.22. The molecule has 7 heteroatoms. The molecular formula is C22H20ClNO3S2. The van der Waals surface area contributed by atoms with Crippen molar-refractivity contribution in [3.05, 3.63) is 64.0 Å². The van der Waals surface area contributed by atoms with Crippen LogP contribution in [0.1, 0.15) is 31.7 Å². The SMILES string of the molecule is CCCC[C@@H](C(=O)O)N1C(=O)/C(=C/c2ccc(-c3ccc(Cl)cc3)cc2)SC1=S. The average molecular weight is 446 g/mol. The summed E-state index contributed by atoms with van der Waals surface area (Å²) in [6, 6.07) is 14.4. The number of nitrogens with zero attached hydrogens (tertiary/aromatic N) is 1. The van der Waals surface area contributed by atoms with Crippen LogP contribution >= 0.6 is 35.6 Å². The Hall–Kier alpha value is -2.15. The largest absolute Gasteiger partial charge is 0.480 e. The summed E-state index contributed by atoms with van der Waals surface area (Å²) in [5.41, 5.74) is 2.94. The predicted molar refractivity (Wildman–Crippen MR) is 123 cm³/mol. The van der Waals surface area contributed by atoms with Gasteiger partial charge in [0.15, 0.2) is 0 Å². The normalized spacial score (nSPS) is 16.5. The number of hydrogen-bond donors (Lipinski definition) is 1. The van der Waals surface area contributed by atoms with Crippen molar-refractivity contribution >= 4 is 57.9 Å². The van der Waals surface area contributed by atoms with Crippen molar-refractivity contribution in [2.75, 3.05) is 0 Å². The van der Waals surface area contributed by atoms with Crippen LogP contribution in [0.2, 0.25) is 5.02 Å². The van der Waals surface area contributed by atoms with E-state index >= 15 is 0 Å². The molecule has 29 heavy (non-hydrogen) atoms. The lowest BCUT2D eigenvalue weighted by molar-refractivity contribution is -0.145. The number of rotatable bonds is 7. The molecule has 0 aliphatic carbocycles. The van der Waals surface area contributed by atoms with Crippen molar-refractivity contribution in [3.63, 3.8) is 0 Å². The minimum atomic E-state index is -1.02. The van der Waals surface area contributed by atoms with Gasteiger partial charge in [0.1, 0.15) is 10.4 Å². The molecule has 4 nitrogen and oxygen atoms in total. The Labute approximate surface area is 184 Å². The van der Waals surface area contributed by atoms with Crippen molar-refractivity contribution < 1.29 is 14.7 Å². The van der Waals surface area contributed by atoms with E-state index in [2.05, 4.69) is 0 Å². The fraction of sp³-hybridized carbons (Fsp3) is 0.227. The van der Waals surface area contributed by atoms with Gasteiger partial charge in [-0.15, -0.1) is 0 Å². The fourth-order valence-electron chi connectivity index (χ4n) is 3.07. The summed E-state index contributed by atoms with van der Waals surface area (Å²) in [7, 11) is 0. The number of unbranched alkanes of at least 4 members (excludes halogenated alkanes) is 1. The van der Waals surface area contributed by atoms with Gasteiger partial charge in [0.25, 0.3) is 5.91 Å². The number of carboxylic acids is 1. The number of aliphatic carboxylic acids is 1. The highest BCUT2D eigenvalue weighted by atomic mass is 35.5. The van der Waals surface area contributed by atoms with Gasteiger partial charge in [-0.25, -0.2) is 4.79 Å². The predicted octanol–water partition coefficient (Wildman–Crippen LogP) is 5.85. The van der Waals surface area contributed by atoms with Crippen LogP contribution in [0, 0.1) is 0 Å². The highest BCUT2D eigenvalue weighted by Gasteiger charge is 2.40. The minimum Gasteiger partial charge on any atom is -0.480 e. The van der Waals surface area contributed by atoms with Crippen LogP contribution in [0.25, 0.3) is 17.2 Å². The zero-order valence-electron chi connectivity index (χ0n) is 15.8. The van der Waals surface area contributed by atoms with Crippen molar-refractivity contribution in [2.45, 2.75) is 32.2 Å². The molecule has 1 aliphatic rings. The molecule has 0 aromatic heterocycles. The topological polar surface area (TPSA) is 57.6 Å². The average Bonchev–Trinajstić information content (AvgIpc) is 2.97. The third kappa shape index (κ3) is 5.07. The number of thiocarbonyl (C=S) groups is 1. The quantitative estimate of drug-likeness (QED) is 0.427. The number of hydrogen-bond acceptors (Lipinski definition) is 4. The summed E-state index contributed by atoms with van der Waals surface area (Å²) in [5.74, 6) is -1.37. The maximum Gasteiger partial charge on any atom is 0.326 e. The molecule has 1 amide bonds. The summed E-state index contributed by atoms with van der Waals surface area (Å²) in [4.78, 5) is 26.2. The Bertz CT molecular complexity index is 955. The van der Waals surface area contributed by atoms with E-state index < -0.39 is 12.0 Å². The molecule has 2 aromatic carbocycles. The first kappa shape index (κ1) is 21.6. The van der Waals surface area contributed by atoms with Crippen molar-refractivity contribution in [3.8, 4) is 11.1 Å². The molecular weight excluding hydrogens is 426 g/mol. The molecule has 0 radical (unpaired) electrons. The maximum atomic E-state index is 12.8. The number of carbonyl (C=O) groups is 2. The Morgan fingerprint density at radius 1 is 1.17 bits per heavy atom. The molecule has 1 aliphatic heterocycles. The van der Waals surface area contributed by atoms with Gasteiger partial charge in [0.05, 0.1) is 4.91 Å². The second-order valence-electron chi connectivity index (χ2n) is 6.68. The first-order chi connectivity index (χ1) is 13.9. The molecule has 1 fully saturated rings. The van der Waals surface area contributed by atoms with Gasteiger partial charge in [-0.3, -0.25) is 9.69 Å². The van der Waals surface area contributed by atoms with Gasteiger partial charge in [0.2, 0.25) is 0 Å². The van der Waals surface area contributed by atoms with E-state index in [4.69, 9.17) is 23.8 Å². The number of thioether (sulfide) groups is 1. The molecule has 1 heterocycles. The fourth-order valence-corrected chi connectivity index (χ4v) is 4.56. The highest BCUT2D eigenvalue weighted by molar-refractivity contribution is 8.26. The van der Waals surface area contributed by atoms with Gasteiger partial charge in [-0.2, -0.15) is 0 Å². The monoisotopic (exact) mass is 445 g/mol. The number of amides is 1. The van der Waals surface area contributed by atoms with E-state index in [0.29, 0.717) is 20.7 Å². The zero-order valence-corrected chi connectivity index (χ0v) is 18.2. The summed E-state index contributed by atoms with van der Waals surface area (Å²) < 4.78 is 0.294. The zero-order chi connectivity index (χ0) is 21.0. The van der Waals surface area contributed by atoms with Crippen molar-refractivity contribution in [1.82, 2.24) is 4.90 Å². The second-order valence-corrected chi connectivity index (χ2v) is 8.79. The highest BCUT2D eigenvalue weighted by Crippen LogP contribution is 2.35. The van der Waals surface area contributed by atoms with Crippen molar-refractivity contribution in [1.29, 1.82) is 0 Å². The lowest BCUT2D eigenvalue weighted by Crippen LogP contribution is -2.43. The molecule has 0 bridgehead atoms. The van der Waals surface area contributed by atoms with E-state index in [1.165, 1.54) is 4.90 Å². The Kier molecular flexibility index (Phi) is 7.11. The Balaban J connectivity index is 1.80. The number of halogens is 1. The first-order valence-electron chi connectivity index (χ1n) is 9.26. The van der Waals surface area contributed by atoms with E-state index in [0.717, 1.165) is 41.3 Å². The molecule has 1 saturated heterocycles. The van der Waals surface area contributed by atoms with Gasteiger partial charge in [-0.1, -0.05) is 91.7 Å². The van der Waals surface area contributed by atoms with Crippen LogP contribution in [0.3, 0.4) is 0 Å². The molecule has 0 saturated carbocycles. The lowest BCUT2D eigenvalue weighted by Gasteiger charge is -2.22. The summed E-state index contributed by atoms with van der Waals surface area (Å²) in [5, 5.41) is 10.2. The number of benzene rings is 2. The summed E-state index contributed by atoms with van der Waals surface area (Å²) in [6.45, 7) is 1.98. The summed E-state index contributed by atoms with van der Waals surface area (Å²) >= 11 is 12.4. The van der Waals surface area contributed by atoms with Crippen LogP contribution in [0.15, 0.2) is 53.4 Å². The smallest absolute Gasteiger partial charge is 0.326 e. The number of carbonyl (C=O) groups excluding carboxylic acids is 1. The van der Waals surface area contributed by atoms with Crippen molar-refractivity contribution in [2.24, 2.45) is 0 Å². The standard InChI is InChI=1S/C22H20ClNO3S2/c1-2-3-4-18(21(26)27)24-20(25)19(29-22(24)28)13-14-5-7-15(8-6-14)16-9-11-17(23)12-10-16/h5-13,18H,2-4H2,1H3,(H,26,27)/b19-13-/t18-/m0/s1. The van der Waals surface area contributed by atoms with Crippen LogP contribution in [0.4, 0.5) is 0 Å². The molecule has 2 aromatic rings. The molecule has 1 atom stereocenters. The van der Waals surface area contributed by atoms with Crippen LogP contribution in [-0.4, -0.2) is 32.2 Å². The van der Waals surface area contributed by atoms with Crippen LogP contribution < -0.4 is 0 Å². The third-order valence-electron chi connectivity index (χ3n) is 4.64. The molecule has 0 spiro atoms. The van der Waals surface area contributed by atoms with Crippen LogP contribution in [-0.2, 0) is 9.59 Å². The summed E-state index contributed by atoms with van der Waals surface area (Å²) in [6.07, 6.45) is 3.72. The van der Waals surface area contributed by atoms with Gasteiger partial charge in [0, 0.05) is 5.02 Å². The van der Waals surface area contributed by atoms with Crippen LogP contribution in [0.5, 0.6) is 0 Å². The van der Waals surface area contributed by atoms with E-state index in [9.17, 15) is 14.7 Å². The Morgan fingerprint density at radius 3 is 2.31 bits per heavy atom. The second kappa shape index (κ2) is 9.57. The Morgan fingerprint density at radius 2 is 1.76 bits per heavy atom. The van der Waals surface area contributed by atoms with E-state index in [1.54, 1.807) is 6.08 Å². The molecule has 150 valence electrons. The van der Waals surface area contributed by atoms with E-state index in [-0.39, 0.29) is 5.91 Å². The molecule has 0 unspecified atom stereocenters. The lowest BCUT2D eigenvalue weighted by atomic mass is 10.0.